The van der Waals surface area contributed by atoms with Crippen LogP contribution in [0.25, 0.3) is 0 Å². The minimum Gasteiger partial charge on any atom is -0.330 e. The molecule has 0 aliphatic rings. The lowest BCUT2D eigenvalue weighted by Crippen LogP contribution is -2.51. The van der Waals surface area contributed by atoms with Crippen molar-refractivity contribution in [2.24, 2.45) is 17.2 Å². The molecule has 0 fully saturated rings. The monoisotopic (exact) mass is 216 g/mol. The Morgan fingerprint density at radius 1 is 0.933 bits per heavy atom. The maximum absolute atomic E-state index is 6.03. The highest BCUT2D eigenvalue weighted by atomic mass is 15.3. The zero-order chi connectivity index (χ0) is 11.7. The van der Waals surface area contributed by atoms with Crippen LogP contribution in [0.2, 0.25) is 0 Å². The summed E-state index contributed by atoms with van der Waals surface area (Å²) in [6, 6.07) is 0. The number of hydrogen-bond donors (Lipinski definition) is 3. The predicted molar refractivity (Wildman–Crippen MR) is 66.1 cm³/mol. The molecule has 0 bridgehead atoms. The van der Waals surface area contributed by atoms with Gasteiger partial charge >= 0.3 is 0 Å². The standard InChI is InChI=1S/C11H28N4/c1-3-10(13)15(11(14)4-2)9-7-5-6-8-12/h10-11H,3-9,12-14H2,1-2H3. The van der Waals surface area contributed by atoms with Crippen molar-refractivity contribution in [3.05, 3.63) is 0 Å². The summed E-state index contributed by atoms with van der Waals surface area (Å²) >= 11 is 0. The van der Waals surface area contributed by atoms with Gasteiger partial charge in [-0.1, -0.05) is 20.3 Å². The van der Waals surface area contributed by atoms with Gasteiger partial charge in [0.2, 0.25) is 0 Å². The van der Waals surface area contributed by atoms with E-state index in [2.05, 4.69) is 18.7 Å². The molecule has 0 radical (unpaired) electrons. The fraction of sp³-hybridized carbons (Fsp3) is 1.00. The van der Waals surface area contributed by atoms with E-state index in [4.69, 9.17) is 17.2 Å². The Morgan fingerprint density at radius 2 is 1.47 bits per heavy atom. The average molecular weight is 216 g/mol. The average Bonchev–Trinajstić information content (AvgIpc) is 2.27. The first-order chi connectivity index (χ1) is 7.17. The molecule has 0 aromatic carbocycles. The molecule has 2 unspecified atom stereocenters. The van der Waals surface area contributed by atoms with E-state index in [1.807, 2.05) is 0 Å². The first-order valence-electron chi connectivity index (χ1n) is 6.14. The number of nitrogens with two attached hydrogens (primary N) is 3. The Bertz CT molecular complexity index is 131. The van der Waals surface area contributed by atoms with Gasteiger partial charge < -0.3 is 17.2 Å². The lowest BCUT2D eigenvalue weighted by molar-refractivity contribution is 0.128. The Kier molecular flexibility index (Phi) is 9.00. The molecule has 0 aromatic heterocycles. The van der Waals surface area contributed by atoms with Crippen LogP contribution in [0, 0.1) is 0 Å². The molecule has 15 heavy (non-hydrogen) atoms. The molecule has 4 heteroatoms. The Labute approximate surface area is 94.2 Å². The van der Waals surface area contributed by atoms with E-state index in [0.717, 1.165) is 38.8 Å². The van der Waals surface area contributed by atoms with Crippen LogP contribution >= 0.6 is 0 Å². The van der Waals surface area contributed by atoms with Gasteiger partial charge in [0.05, 0.1) is 12.3 Å². The van der Waals surface area contributed by atoms with Gasteiger partial charge in [-0.05, 0) is 32.2 Å². The van der Waals surface area contributed by atoms with Crippen LogP contribution in [0.4, 0.5) is 0 Å². The SMILES string of the molecule is CCC(N)N(CCCCCN)C(N)CC. The highest BCUT2D eigenvalue weighted by molar-refractivity contribution is 4.70. The van der Waals surface area contributed by atoms with E-state index < -0.39 is 0 Å². The summed E-state index contributed by atoms with van der Waals surface area (Å²) in [5.41, 5.74) is 17.5. The minimum absolute atomic E-state index is 0.0952. The first kappa shape index (κ1) is 14.8. The van der Waals surface area contributed by atoms with E-state index in [9.17, 15) is 0 Å². The van der Waals surface area contributed by atoms with Crippen LogP contribution in [0.5, 0.6) is 0 Å². The summed E-state index contributed by atoms with van der Waals surface area (Å²) in [4.78, 5) is 2.20. The second-order valence-corrected chi connectivity index (χ2v) is 4.04. The molecule has 0 aliphatic carbocycles. The van der Waals surface area contributed by atoms with Crippen LogP contribution in [-0.2, 0) is 0 Å². The molecular formula is C11H28N4. The van der Waals surface area contributed by atoms with E-state index in [1.54, 1.807) is 0 Å². The summed E-state index contributed by atoms with van der Waals surface area (Å²) in [6.45, 7) is 5.96. The fourth-order valence-electron chi connectivity index (χ4n) is 1.66. The van der Waals surface area contributed by atoms with Crippen molar-refractivity contribution in [1.82, 2.24) is 4.90 Å². The highest BCUT2D eigenvalue weighted by Crippen LogP contribution is 2.07. The summed E-state index contributed by atoms with van der Waals surface area (Å²) in [5, 5.41) is 0. The molecule has 0 aliphatic heterocycles. The third-order valence-corrected chi connectivity index (χ3v) is 2.81. The highest BCUT2D eigenvalue weighted by Gasteiger charge is 2.17. The molecule has 0 saturated carbocycles. The van der Waals surface area contributed by atoms with Crippen LogP contribution in [0.3, 0.4) is 0 Å². The van der Waals surface area contributed by atoms with Gasteiger partial charge in [-0.25, -0.2) is 0 Å². The number of rotatable bonds is 9. The number of hydrogen-bond acceptors (Lipinski definition) is 4. The van der Waals surface area contributed by atoms with Crippen molar-refractivity contribution in [2.75, 3.05) is 13.1 Å². The normalized spacial score (nSPS) is 15.6. The summed E-state index contributed by atoms with van der Waals surface area (Å²) < 4.78 is 0. The molecule has 0 amide bonds. The zero-order valence-electron chi connectivity index (χ0n) is 10.3. The summed E-state index contributed by atoms with van der Waals surface area (Å²) in [7, 11) is 0. The Morgan fingerprint density at radius 3 is 1.87 bits per heavy atom. The van der Waals surface area contributed by atoms with Gasteiger partial charge in [0.1, 0.15) is 0 Å². The third kappa shape index (κ3) is 6.10. The summed E-state index contributed by atoms with van der Waals surface area (Å²) in [5.74, 6) is 0. The van der Waals surface area contributed by atoms with E-state index >= 15 is 0 Å². The first-order valence-corrected chi connectivity index (χ1v) is 6.14. The molecule has 0 aromatic rings. The van der Waals surface area contributed by atoms with Crippen molar-refractivity contribution < 1.29 is 0 Å². The molecular weight excluding hydrogens is 188 g/mol. The molecule has 0 rings (SSSR count). The van der Waals surface area contributed by atoms with Gasteiger partial charge in [0.25, 0.3) is 0 Å². The smallest absolute Gasteiger partial charge is 0.0582 e. The topological polar surface area (TPSA) is 81.3 Å². The zero-order valence-corrected chi connectivity index (χ0v) is 10.3. The maximum Gasteiger partial charge on any atom is 0.0582 e. The third-order valence-electron chi connectivity index (χ3n) is 2.81. The summed E-state index contributed by atoms with van der Waals surface area (Å²) in [6.07, 6.45) is 5.49. The number of unbranched alkanes of at least 4 members (excludes halogenated alkanes) is 2. The van der Waals surface area contributed by atoms with Gasteiger partial charge in [0.15, 0.2) is 0 Å². The van der Waals surface area contributed by atoms with Gasteiger partial charge in [-0.15, -0.1) is 0 Å². The van der Waals surface area contributed by atoms with Crippen molar-refractivity contribution in [1.29, 1.82) is 0 Å². The van der Waals surface area contributed by atoms with E-state index in [-0.39, 0.29) is 12.3 Å². The van der Waals surface area contributed by atoms with Gasteiger partial charge in [-0.3, -0.25) is 4.90 Å². The van der Waals surface area contributed by atoms with Crippen LogP contribution in [-0.4, -0.2) is 30.3 Å². The maximum atomic E-state index is 6.03. The van der Waals surface area contributed by atoms with E-state index in [1.165, 1.54) is 6.42 Å². The molecule has 2 atom stereocenters. The van der Waals surface area contributed by atoms with Gasteiger partial charge in [-0.2, -0.15) is 0 Å². The number of nitrogens with zero attached hydrogens (tertiary/aromatic N) is 1. The molecule has 4 nitrogen and oxygen atoms in total. The van der Waals surface area contributed by atoms with Crippen molar-refractivity contribution in [2.45, 2.75) is 58.3 Å². The molecule has 0 saturated heterocycles. The van der Waals surface area contributed by atoms with Crippen molar-refractivity contribution in [3.63, 3.8) is 0 Å². The Balaban J connectivity index is 3.90. The molecule has 0 heterocycles. The largest absolute Gasteiger partial charge is 0.330 e. The fourth-order valence-corrected chi connectivity index (χ4v) is 1.66. The lowest BCUT2D eigenvalue weighted by Gasteiger charge is -2.33. The second kappa shape index (κ2) is 9.09. The van der Waals surface area contributed by atoms with Crippen molar-refractivity contribution >= 4 is 0 Å². The van der Waals surface area contributed by atoms with Crippen LogP contribution in [0.15, 0.2) is 0 Å². The quantitative estimate of drug-likeness (QED) is 0.393. The lowest BCUT2D eigenvalue weighted by atomic mass is 10.2. The van der Waals surface area contributed by atoms with E-state index in [0.29, 0.717) is 0 Å². The molecule has 92 valence electrons. The van der Waals surface area contributed by atoms with Gasteiger partial charge in [0, 0.05) is 6.54 Å². The Hall–Kier alpha value is -0.160. The van der Waals surface area contributed by atoms with Crippen LogP contribution < -0.4 is 17.2 Å². The predicted octanol–water partition coefficient (Wildman–Crippen LogP) is 0.807. The van der Waals surface area contributed by atoms with Crippen LogP contribution in [0.1, 0.15) is 46.0 Å². The molecule has 0 spiro atoms. The second-order valence-electron chi connectivity index (χ2n) is 4.04. The van der Waals surface area contributed by atoms with Crippen molar-refractivity contribution in [3.8, 4) is 0 Å². The molecule has 6 N–H and O–H groups in total. The minimum atomic E-state index is 0.0952.